The molecule has 2 aromatic rings. The summed E-state index contributed by atoms with van der Waals surface area (Å²) in [7, 11) is 0. The number of hydrogen-bond acceptors (Lipinski definition) is 3. The third kappa shape index (κ3) is 1.98. The molecule has 1 aromatic heterocycles. The molecule has 2 N–H and O–H groups in total. The first-order valence-corrected chi connectivity index (χ1v) is 5.54. The summed E-state index contributed by atoms with van der Waals surface area (Å²) in [6.07, 6.45) is 3.19. The highest BCUT2D eigenvalue weighted by atomic mass is 19.1. The molecule has 5 heteroatoms. The minimum atomic E-state index is -0.330. The predicted molar refractivity (Wildman–Crippen MR) is 65.6 cm³/mol. The number of aromatic nitrogens is 2. The lowest BCUT2D eigenvalue weighted by Crippen LogP contribution is -2.11. The van der Waals surface area contributed by atoms with Gasteiger partial charge in [-0.1, -0.05) is 0 Å². The van der Waals surface area contributed by atoms with Gasteiger partial charge in [0.1, 0.15) is 11.9 Å². The summed E-state index contributed by atoms with van der Waals surface area (Å²) in [5, 5.41) is 8.98. The van der Waals surface area contributed by atoms with E-state index in [-0.39, 0.29) is 17.7 Å². The van der Waals surface area contributed by atoms with E-state index in [0.717, 1.165) is 0 Å². The number of benzene rings is 1. The Morgan fingerprint density at radius 2 is 2.22 bits per heavy atom. The van der Waals surface area contributed by atoms with E-state index in [1.807, 2.05) is 6.07 Å². The van der Waals surface area contributed by atoms with Crippen LogP contribution in [0.5, 0.6) is 0 Å². The number of nitrogens with zero attached hydrogens (tertiary/aromatic N) is 3. The molecule has 0 saturated heterocycles. The van der Waals surface area contributed by atoms with Gasteiger partial charge in [0.25, 0.3) is 0 Å². The number of halogens is 1. The van der Waals surface area contributed by atoms with E-state index < -0.39 is 0 Å². The Bertz CT molecular complexity index is 622. The van der Waals surface area contributed by atoms with Gasteiger partial charge in [0.15, 0.2) is 0 Å². The summed E-state index contributed by atoms with van der Waals surface area (Å²) in [4.78, 5) is 3.93. The van der Waals surface area contributed by atoms with E-state index in [2.05, 4.69) is 4.98 Å². The van der Waals surface area contributed by atoms with E-state index in [1.54, 1.807) is 30.7 Å². The van der Waals surface area contributed by atoms with Gasteiger partial charge in [-0.15, -0.1) is 0 Å². The minimum Gasteiger partial charge on any atom is -0.324 e. The van der Waals surface area contributed by atoms with Crippen LogP contribution in [0.3, 0.4) is 0 Å². The molecule has 1 atom stereocenters. The van der Waals surface area contributed by atoms with Crippen molar-refractivity contribution in [3.63, 3.8) is 0 Å². The molecule has 0 saturated carbocycles. The van der Waals surface area contributed by atoms with Crippen molar-refractivity contribution in [2.45, 2.75) is 19.9 Å². The number of rotatable bonds is 2. The van der Waals surface area contributed by atoms with Crippen LogP contribution in [0.2, 0.25) is 0 Å². The zero-order chi connectivity index (χ0) is 13.3. The highest BCUT2D eigenvalue weighted by Crippen LogP contribution is 2.24. The van der Waals surface area contributed by atoms with Crippen molar-refractivity contribution >= 4 is 0 Å². The van der Waals surface area contributed by atoms with Crippen LogP contribution >= 0.6 is 0 Å². The van der Waals surface area contributed by atoms with Crippen LogP contribution in [0, 0.1) is 24.1 Å². The van der Waals surface area contributed by atoms with Crippen LogP contribution in [0.4, 0.5) is 4.39 Å². The SMILES string of the molecule is Cc1cc(-n2ccnc2C#N)c([C@@H](C)N)cc1F. The number of imidazole rings is 1. The lowest BCUT2D eigenvalue weighted by atomic mass is 10.0. The van der Waals surface area contributed by atoms with Crippen molar-refractivity contribution in [3.05, 3.63) is 47.3 Å². The quantitative estimate of drug-likeness (QED) is 0.880. The molecule has 4 nitrogen and oxygen atoms in total. The summed E-state index contributed by atoms with van der Waals surface area (Å²) in [6.45, 7) is 3.45. The molecule has 18 heavy (non-hydrogen) atoms. The lowest BCUT2D eigenvalue weighted by Gasteiger charge is -2.15. The van der Waals surface area contributed by atoms with Gasteiger partial charge >= 0.3 is 0 Å². The molecular weight excluding hydrogens is 231 g/mol. The lowest BCUT2D eigenvalue weighted by molar-refractivity contribution is 0.612. The fourth-order valence-corrected chi connectivity index (χ4v) is 1.84. The van der Waals surface area contributed by atoms with Crippen LogP contribution < -0.4 is 5.73 Å². The Hall–Kier alpha value is -2.19. The van der Waals surface area contributed by atoms with Crippen molar-refractivity contribution < 1.29 is 4.39 Å². The molecule has 0 spiro atoms. The standard InChI is InChI=1S/C13H13FN4/c1-8-5-12(10(9(2)16)6-11(8)14)18-4-3-17-13(18)7-15/h3-6,9H,16H2,1-2H3/t9-/m1/s1. The molecular formula is C13H13FN4. The third-order valence-corrected chi connectivity index (χ3v) is 2.80. The molecule has 0 aliphatic heterocycles. The largest absolute Gasteiger partial charge is 0.324 e. The number of hydrogen-bond donors (Lipinski definition) is 1. The maximum atomic E-state index is 13.6. The van der Waals surface area contributed by atoms with Gasteiger partial charge in [0.2, 0.25) is 5.82 Å². The first kappa shape index (κ1) is 12.3. The summed E-state index contributed by atoms with van der Waals surface area (Å²) in [6, 6.07) is 4.75. The van der Waals surface area contributed by atoms with Gasteiger partial charge < -0.3 is 5.73 Å². The van der Waals surface area contributed by atoms with Gasteiger partial charge in [0, 0.05) is 18.4 Å². The van der Waals surface area contributed by atoms with Crippen molar-refractivity contribution in [3.8, 4) is 11.8 Å². The van der Waals surface area contributed by atoms with Crippen molar-refractivity contribution in [1.29, 1.82) is 5.26 Å². The number of aryl methyl sites for hydroxylation is 1. The molecule has 2 rings (SSSR count). The van der Waals surface area contributed by atoms with Crippen molar-refractivity contribution in [1.82, 2.24) is 9.55 Å². The molecule has 92 valence electrons. The summed E-state index contributed by atoms with van der Waals surface area (Å²) in [5.74, 6) is -0.0485. The van der Waals surface area contributed by atoms with Crippen molar-refractivity contribution in [2.75, 3.05) is 0 Å². The van der Waals surface area contributed by atoms with E-state index >= 15 is 0 Å². The Kier molecular flexibility index (Phi) is 3.13. The number of nitriles is 1. The van der Waals surface area contributed by atoms with Gasteiger partial charge in [0.05, 0.1) is 5.69 Å². The molecule has 0 bridgehead atoms. The topological polar surface area (TPSA) is 67.6 Å². The molecule has 0 unspecified atom stereocenters. The van der Waals surface area contributed by atoms with E-state index in [1.165, 1.54) is 12.3 Å². The monoisotopic (exact) mass is 244 g/mol. The average Bonchev–Trinajstić information content (AvgIpc) is 2.79. The average molecular weight is 244 g/mol. The second-order valence-corrected chi connectivity index (χ2v) is 4.18. The predicted octanol–water partition coefficient (Wildman–Crippen LogP) is 2.21. The van der Waals surface area contributed by atoms with Crippen LogP contribution in [0.15, 0.2) is 24.5 Å². The van der Waals surface area contributed by atoms with Crippen LogP contribution in [-0.4, -0.2) is 9.55 Å². The Morgan fingerprint density at radius 1 is 1.50 bits per heavy atom. The summed E-state index contributed by atoms with van der Waals surface area (Å²) in [5.41, 5.74) is 7.69. The first-order valence-electron chi connectivity index (χ1n) is 5.54. The molecule has 0 radical (unpaired) electrons. The van der Waals surface area contributed by atoms with Gasteiger partial charge in [-0.05, 0) is 37.1 Å². The van der Waals surface area contributed by atoms with Gasteiger partial charge in [-0.25, -0.2) is 9.37 Å². The van der Waals surface area contributed by atoms with E-state index in [4.69, 9.17) is 11.0 Å². The Balaban J connectivity index is 2.71. The van der Waals surface area contributed by atoms with E-state index in [0.29, 0.717) is 16.8 Å². The molecule has 1 heterocycles. The third-order valence-electron chi connectivity index (χ3n) is 2.80. The molecule has 1 aromatic carbocycles. The molecule has 0 aliphatic rings. The smallest absolute Gasteiger partial charge is 0.217 e. The zero-order valence-electron chi connectivity index (χ0n) is 10.2. The summed E-state index contributed by atoms with van der Waals surface area (Å²) < 4.78 is 15.2. The second-order valence-electron chi connectivity index (χ2n) is 4.18. The second kappa shape index (κ2) is 4.59. The molecule has 0 amide bonds. The van der Waals surface area contributed by atoms with E-state index in [9.17, 15) is 4.39 Å². The number of nitrogens with two attached hydrogens (primary N) is 1. The van der Waals surface area contributed by atoms with Gasteiger partial charge in [-0.2, -0.15) is 5.26 Å². The van der Waals surface area contributed by atoms with Crippen LogP contribution in [0.25, 0.3) is 5.69 Å². The first-order chi connectivity index (χ1) is 8.54. The summed E-state index contributed by atoms with van der Waals surface area (Å²) >= 11 is 0. The van der Waals surface area contributed by atoms with Gasteiger partial charge in [-0.3, -0.25) is 4.57 Å². The highest BCUT2D eigenvalue weighted by molar-refractivity contribution is 5.47. The van der Waals surface area contributed by atoms with Crippen LogP contribution in [-0.2, 0) is 0 Å². The molecule has 0 aliphatic carbocycles. The van der Waals surface area contributed by atoms with Crippen LogP contribution in [0.1, 0.15) is 29.9 Å². The fourth-order valence-electron chi connectivity index (χ4n) is 1.84. The minimum absolute atomic E-state index is 0.253. The van der Waals surface area contributed by atoms with Crippen molar-refractivity contribution in [2.24, 2.45) is 5.73 Å². The normalized spacial score (nSPS) is 12.2. The highest BCUT2D eigenvalue weighted by Gasteiger charge is 2.14. The Labute approximate surface area is 104 Å². The zero-order valence-corrected chi connectivity index (χ0v) is 10.2. The Morgan fingerprint density at radius 3 is 2.83 bits per heavy atom. The molecule has 0 fully saturated rings. The maximum absolute atomic E-state index is 13.6. The maximum Gasteiger partial charge on any atom is 0.217 e. The fraction of sp³-hybridized carbons (Fsp3) is 0.231.